The first-order chi connectivity index (χ1) is 29.3. The number of anilines is 2. The van der Waals surface area contributed by atoms with E-state index < -0.39 is 62.0 Å². The second kappa shape index (κ2) is 14.8. The van der Waals surface area contributed by atoms with E-state index in [4.69, 9.17) is 9.47 Å². The molecule has 0 bridgehead atoms. The first-order valence-electron chi connectivity index (χ1n) is 18.6. The van der Waals surface area contributed by atoms with Crippen molar-refractivity contribution in [3.05, 3.63) is 186 Å². The summed E-state index contributed by atoms with van der Waals surface area (Å²) in [5, 5.41) is 23.4. The van der Waals surface area contributed by atoms with Crippen LogP contribution in [0.1, 0.15) is 77.5 Å². The zero-order valence-corrected chi connectivity index (χ0v) is 32.6. The molecule has 0 saturated carbocycles. The van der Waals surface area contributed by atoms with Crippen LogP contribution in [0.25, 0.3) is 0 Å². The summed E-state index contributed by atoms with van der Waals surface area (Å²) >= 11 is 0. The number of ether oxygens (including phenoxy) is 2. The molecule has 0 saturated heterocycles. The quantitative estimate of drug-likeness (QED) is 0.0732. The number of nitro benzene ring substituents is 2. The normalized spacial score (nSPS) is 13.6. The van der Waals surface area contributed by atoms with Gasteiger partial charge in [-0.3, -0.25) is 39.4 Å². The van der Waals surface area contributed by atoms with Crippen LogP contribution in [0.5, 0.6) is 23.0 Å². The van der Waals surface area contributed by atoms with Crippen LogP contribution >= 0.6 is 0 Å². The molecule has 0 aliphatic carbocycles. The van der Waals surface area contributed by atoms with E-state index in [1.807, 2.05) is 38.1 Å². The molecule has 0 unspecified atom stereocenters. The van der Waals surface area contributed by atoms with Crippen LogP contribution in [-0.2, 0) is 11.6 Å². The number of aryl methyl sites for hydroxylation is 1. The molecule has 2 heterocycles. The third-order valence-corrected chi connectivity index (χ3v) is 10.6. The second-order valence-electron chi connectivity index (χ2n) is 14.9. The van der Waals surface area contributed by atoms with Crippen molar-refractivity contribution in [1.82, 2.24) is 0 Å². The smallest absolute Gasteiger partial charge is 0.416 e. The molecule has 6 aromatic rings. The number of hydrogen-bond acceptors (Lipinski definition) is 10. The van der Waals surface area contributed by atoms with Crippen LogP contribution in [0.3, 0.4) is 0 Å². The molecule has 4 amide bonds. The number of carbonyl (C=O) groups is 4. The van der Waals surface area contributed by atoms with Crippen LogP contribution in [0.4, 0.5) is 35.9 Å². The molecule has 2 aliphatic rings. The number of fused-ring (bicyclic) bond motifs is 2. The van der Waals surface area contributed by atoms with E-state index in [1.165, 1.54) is 48.5 Å². The maximum Gasteiger partial charge on any atom is 0.416 e. The third-order valence-electron chi connectivity index (χ3n) is 10.6. The van der Waals surface area contributed by atoms with Crippen LogP contribution in [0, 0.1) is 27.2 Å². The maximum atomic E-state index is 13.4. The molecule has 0 atom stereocenters. The number of rotatable bonds is 10. The van der Waals surface area contributed by atoms with Crippen molar-refractivity contribution in [2.45, 2.75) is 32.4 Å². The summed E-state index contributed by atoms with van der Waals surface area (Å²) < 4.78 is 51.8. The largest absolute Gasteiger partial charge is 0.457 e. The molecule has 6 aromatic carbocycles. The van der Waals surface area contributed by atoms with E-state index in [0.29, 0.717) is 28.0 Å². The summed E-state index contributed by atoms with van der Waals surface area (Å²) in [5.41, 5.74) is -1.72. The highest BCUT2D eigenvalue weighted by atomic mass is 19.4. The fourth-order valence-corrected chi connectivity index (χ4v) is 7.33. The van der Waals surface area contributed by atoms with Crippen molar-refractivity contribution in [2.24, 2.45) is 0 Å². The molecular formula is C45H29F3N4O10. The second-order valence-corrected chi connectivity index (χ2v) is 14.9. The molecule has 62 heavy (non-hydrogen) atoms. The monoisotopic (exact) mass is 842 g/mol. The molecule has 0 N–H and O–H groups in total. The SMILES string of the molecule is Cc1ccc(N2C(=O)c3ccc(Oc4ccc(C(C)(C)c5ccc(Oc6ccc7c(c6)C(=O)N(c6ccc(C(F)(F)F)cc6[N+](=O)[O-])C7=O)cc5)cc4)cc3C2=O)c([N+](=O)[O-])c1. The lowest BCUT2D eigenvalue weighted by Gasteiger charge is -2.26. The summed E-state index contributed by atoms with van der Waals surface area (Å²) in [6.07, 6.45) is -4.89. The number of nitro groups is 2. The number of imide groups is 2. The van der Waals surface area contributed by atoms with Gasteiger partial charge in [0.25, 0.3) is 35.0 Å². The van der Waals surface area contributed by atoms with Gasteiger partial charge >= 0.3 is 6.18 Å². The van der Waals surface area contributed by atoms with Crippen LogP contribution < -0.4 is 19.3 Å². The van der Waals surface area contributed by atoms with E-state index in [1.54, 1.807) is 37.3 Å². The van der Waals surface area contributed by atoms with Gasteiger partial charge in [-0.05, 0) is 102 Å². The van der Waals surface area contributed by atoms with Gasteiger partial charge in [-0.25, -0.2) is 9.80 Å². The summed E-state index contributed by atoms with van der Waals surface area (Å²) in [4.78, 5) is 76.1. The number of nitrogens with zero attached hydrogens (tertiary/aromatic N) is 4. The van der Waals surface area contributed by atoms with E-state index in [2.05, 4.69) is 0 Å². The topological polar surface area (TPSA) is 179 Å². The Balaban J connectivity index is 0.944. The minimum absolute atomic E-state index is 0.0453. The van der Waals surface area contributed by atoms with Crippen molar-refractivity contribution in [1.29, 1.82) is 0 Å². The number of carbonyl (C=O) groups excluding carboxylic acids is 4. The molecule has 2 aliphatic heterocycles. The molecule has 0 fully saturated rings. The Morgan fingerprint density at radius 1 is 0.484 bits per heavy atom. The number of amides is 4. The predicted octanol–water partition coefficient (Wildman–Crippen LogP) is 10.3. The van der Waals surface area contributed by atoms with Crippen LogP contribution in [0.15, 0.2) is 121 Å². The van der Waals surface area contributed by atoms with Crippen molar-refractivity contribution >= 4 is 46.4 Å². The van der Waals surface area contributed by atoms with Gasteiger partial charge in [-0.2, -0.15) is 13.2 Å². The summed E-state index contributed by atoms with van der Waals surface area (Å²) in [7, 11) is 0. The highest BCUT2D eigenvalue weighted by Crippen LogP contribution is 2.42. The standard InChI is InChI=1S/C45H29F3N4O10/c1-24-4-18-36(38(20-24)51(57)58)49-40(53)32-16-14-30(22-34(32)42(49)55)61-28-10-5-25(6-11-28)44(2,3)26-7-12-29(13-8-26)62-31-15-17-33-35(23-31)43(56)50(41(33)54)37-19-9-27(45(46,47)48)21-39(37)52(59)60/h4-23H,1-3H3. The number of hydrogen-bond donors (Lipinski definition) is 0. The van der Waals surface area contributed by atoms with E-state index in [0.717, 1.165) is 22.1 Å². The van der Waals surface area contributed by atoms with E-state index >= 15 is 0 Å². The van der Waals surface area contributed by atoms with Gasteiger partial charge < -0.3 is 9.47 Å². The molecule has 17 heteroatoms. The highest BCUT2D eigenvalue weighted by molar-refractivity contribution is 6.36. The third kappa shape index (κ3) is 7.04. The molecule has 0 aromatic heterocycles. The van der Waals surface area contributed by atoms with Crippen molar-refractivity contribution < 1.29 is 51.7 Å². The number of alkyl halides is 3. The van der Waals surface area contributed by atoms with Gasteiger partial charge in [-0.1, -0.05) is 44.2 Å². The number of benzene rings is 6. The summed E-state index contributed by atoms with van der Waals surface area (Å²) in [6.45, 7) is 5.67. The van der Waals surface area contributed by atoms with Gasteiger partial charge in [-0.15, -0.1) is 0 Å². The summed E-state index contributed by atoms with van der Waals surface area (Å²) in [6, 6.07) is 28.5. The summed E-state index contributed by atoms with van der Waals surface area (Å²) in [5.74, 6) is -2.07. The predicted molar refractivity (Wildman–Crippen MR) is 216 cm³/mol. The van der Waals surface area contributed by atoms with Gasteiger partial charge in [0.05, 0.1) is 37.7 Å². The van der Waals surface area contributed by atoms with Gasteiger partial charge in [0.1, 0.15) is 34.4 Å². The van der Waals surface area contributed by atoms with Crippen molar-refractivity contribution in [3.8, 4) is 23.0 Å². The van der Waals surface area contributed by atoms with Crippen LogP contribution in [-0.4, -0.2) is 33.5 Å². The molecular weight excluding hydrogens is 814 g/mol. The Bertz CT molecular complexity index is 2930. The van der Waals surface area contributed by atoms with E-state index in [9.17, 15) is 52.6 Å². The number of halogens is 3. The Hall–Kier alpha value is -8.21. The van der Waals surface area contributed by atoms with Crippen molar-refractivity contribution in [2.75, 3.05) is 9.80 Å². The Morgan fingerprint density at radius 3 is 1.27 bits per heavy atom. The van der Waals surface area contributed by atoms with Gasteiger partial charge in [0, 0.05) is 17.5 Å². The first kappa shape index (κ1) is 40.6. The zero-order chi connectivity index (χ0) is 44.4. The Kier molecular flexibility index (Phi) is 9.69. The lowest BCUT2D eigenvalue weighted by Crippen LogP contribution is -2.30. The van der Waals surface area contributed by atoms with E-state index in [-0.39, 0.29) is 51.2 Å². The average Bonchev–Trinajstić information content (AvgIpc) is 3.63. The maximum absolute atomic E-state index is 13.4. The molecule has 0 spiro atoms. The lowest BCUT2D eigenvalue weighted by atomic mass is 9.78. The first-order valence-corrected chi connectivity index (χ1v) is 18.6. The molecule has 14 nitrogen and oxygen atoms in total. The highest BCUT2D eigenvalue weighted by Gasteiger charge is 2.43. The van der Waals surface area contributed by atoms with Gasteiger partial charge in [0.15, 0.2) is 0 Å². The fourth-order valence-electron chi connectivity index (χ4n) is 7.33. The Morgan fingerprint density at radius 2 is 0.855 bits per heavy atom. The van der Waals surface area contributed by atoms with Crippen molar-refractivity contribution in [3.63, 3.8) is 0 Å². The molecule has 8 rings (SSSR count). The molecule has 310 valence electrons. The fraction of sp³-hybridized carbons (Fsp3) is 0.111. The zero-order valence-electron chi connectivity index (χ0n) is 32.6. The minimum Gasteiger partial charge on any atom is -0.457 e. The minimum atomic E-state index is -4.89. The average molecular weight is 843 g/mol. The molecule has 0 radical (unpaired) electrons. The van der Waals surface area contributed by atoms with Crippen LogP contribution in [0.2, 0.25) is 0 Å². The van der Waals surface area contributed by atoms with Gasteiger partial charge in [0.2, 0.25) is 0 Å². The lowest BCUT2D eigenvalue weighted by molar-refractivity contribution is -0.384. The Labute approximate surface area is 348 Å².